The summed E-state index contributed by atoms with van der Waals surface area (Å²) in [5.74, 6) is -3.59. The average Bonchev–Trinajstić information content (AvgIpc) is 3.58. The van der Waals surface area contributed by atoms with Crippen molar-refractivity contribution in [2.75, 3.05) is 0 Å². The molecule has 0 aliphatic carbocycles. The maximum atomic E-state index is 14.4. The predicted molar refractivity (Wildman–Crippen MR) is 165 cm³/mol. The van der Waals surface area contributed by atoms with E-state index >= 15 is 0 Å². The fraction of sp³-hybridized carbons (Fsp3) is 0.588. The molecule has 4 aliphatic rings. The van der Waals surface area contributed by atoms with E-state index in [2.05, 4.69) is 21.3 Å². The van der Waals surface area contributed by atoms with Crippen molar-refractivity contribution in [2.24, 2.45) is 0 Å². The van der Waals surface area contributed by atoms with Gasteiger partial charge in [-0.05, 0) is 63.5 Å². The quantitative estimate of drug-likeness (QED) is 0.315. The monoisotopic (exact) mass is 634 g/mol. The molecule has 12 heteroatoms. The molecule has 5 rings (SSSR count). The predicted octanol–water partition coefficient (Wildman–Crippen LogP) is 2.65. The number of benzene rings is 1. The van der Waals surface area contributed by atoms with Crippen molar-refractivity contribution in [1.29, 1.82) is 0 Å². The van der Waals surface area contributed by atoms with E-state index in [-0.39, 0.29) is 71.6 Å². The first kappa shape index (κ1) is 33.2. The lowest BCUT2D eigenvalue weighted by atomic mass is 9.82. The van der Waals surface area contributed by atoms with Gasteiger partial charge in [-0.25, -0.2) is 0 Å². The average molecular weight is 635 g/mol. The topological polar surface area (TPSA) is 185 Å². The van der Waals surface area contributed by atoms with E-state index in [1.807, 2.05) is 0 Å². The van der Waals surface area contributed by atoms with E-state index in [4.69, 9.17) is 0 Å². The summed E-state index contributed by atoms with van der Waals surface area (Å²) < 4.78 is 0. The number of nitrogens with one attached hydrogen (secondary N) is 4. The fourth-order valence-corrected chi connectivity index (χ4v) is 6.87. The van der Waals surface area contributed by atoms with Crippen LogP contribution in [0.15, 0.2) is 12.1 Å². The highest BCUT2D eigenvalue weighted by Crippen LogP contribution is 2.29. The standard InChI is InChI=1S/C34H42N4O8/c39-26-13-5-1-9-22(35-26)31(43)19-17-20(32(44)23-10-2-6-14-27(40)36-23)30(34(46)25-12-4-8-16-29(42)38-25)21(18-19)33(45)24-11-3-7-15-28(41)37-24/h17-18,22-25H,1-16H2,(H,35,39)(H,36,40)(H,37,41)(H,38,42). The van der Waals surface area contributed by atoms with Crippen molar-refractivity contribution < 1.29 is 38.4 Å². The van der Waals surface area contributed by atoms with Crippen LogP contribution in [-0.4, -0.2) is 70.9 Å². The van der Waals surface area contributed by atoms with E-state index in [0.29, 0.717) is 77.0 Å². The molecule has 1 aromatic rings. The van der Waals surface area contributed by atoms with Crippen LogP contribution in [0.5, 0.6) is 0 Å². The Kier molecular flexibility index (Phi) is 10.7. The summed E-state index contributed by atoms with van der Waals surface area (Å²) in [7, 11) is 0. The molecule has 4 fully saturated rings. The molecule has 4 saturated heterocycles. The Labute approximate surface area is 267 Å². The van der Waals surface area contributed by atoms with Crippen LogP contribution in [-0.2, 0) is 19.2 Å². The molecule has 46 heavy (non-hydrogen) atoms. The summed E-state index contributed by atoms with van der Waals surface area (Å²) in [6.07, 6.45) is 6.97. The van der Waals surface area contributed by atoms with Crippen molar-refractivity contribution >= 4 is 46.8 Å². The van der Waals surface area contributed by atoms with Crippen LogP contribution in [0.4, 0.5) is 0 Å². The van der Waals surface area contributed by atoms with Crippen molar-refractivity contribution in [3.63, 3.8) is 0 Å². The molecular formula is C34H42N4O8. The summed E-state index contributed by atoms with van der Waals surface area (Å²) in [6, 6.07) is -1.29. The van der Waals surface area contributed by atoms with E-state index < -0.39 is 47.3 Å². The van der Waals surface area contributed by atoms with Gasteiger partial charge >= 0.3 is 0 Å². The normalized spacial score (nSPS) is 26.1. The van der Waals surface area contributed by atoms with Gasteiger partial charge in [0.05, 0.1) is 24.2 Å². The number of Topliss-reactive ketones (excluding diaryl/α,β-unsaturated/α-hetero) is 4. The highest BCUT2D eigenvalue weighted by molar-refractivity contribution is 6.21. The van der Waals surface area contributed by atoms with Crippen LogP contribution in [0, 0.1) is 0 Å². The van der Waals surface area contributed by atoms with Gasteiger partial charge in [0.1, 0.15) is 0 Å². The highest BCUT2D eigenvalue weighted by Gasteiger charge is 2.38. The molecule has 4 N–H and O–H groups in total. The van der Waals surface area contributed by atoms with Gasteiger partial charge in [-0.3, -0.25) is 38.4 Å². The second-order valence-electron chi connectivity index (χ2n) is 12.9. The van der Waals surface area contributed by atoms with Gasteiger partial charge in [-0.1, -0.05) is 25.7 Å². The first-order valence-corrected chi connectivity index (χ1v) is 16.6. The zero-order valence-corrected chi connectivity index (χ0v) is 26.0. The minimum Gasteiger partial charge on any atom is -0.346 e. The third-order valence-corrected chi connectivity index (χ3v) is 9.39. The van der Waals surface area contributed by atoms with Gasteiger partial charge in [-0.15, -0.1) is 0 Å². The Morgan fingerprint density at radius 3 is 1.09 bits per heavy atom. The van der Waals surface area contributed by atoms with Crippen LogP contribution in [0.3, 0.4) is 0 Å². The smallest absolute Gasteiger partial charge is 0.220 e. The summed E-state index contributed by atoms with van der Waals surface area (Å²) in [5.41, 5.74) is -0.629. The molecule has 1 aromatic carbocycles. The Bertz CT molecular complexity index is 1390. The molecule has 0 radical (unpaired) electrons. The minimum atomic E-state index is -1.01. The molecule has 12 nitrogen and oxygen atoms in total. The van der Waals surface area contributed by atoms with Gasteiger partial charge in [0.25, 0.3) is 0 Å². The Morgan fingerprint density at radius 1 is 0.435 bits per heavy atom. The van der Waals surface area contributed by atoms with Crippen LogP contribution >= 0.6 is 0 Å². The van der Waals surface area contributed by atoms with Gasteiger partial charge in [0.15, 0.2) is 23.1 Å². The molecule has 0 spiro atoms. The SMILES string of the molecule is O=C1CCCCC(C(=O)c2cc(C(=O)C3CCCCC(=O)N3)c(C(=O)C3CCCCC(=O)N3)c(C(=O)C3CCCCC(=O)N3)c2)N1. The second-order valence-corrected chi connectivity index (χ2v) is 12.9. The van der Waals surface area contributed by atoms with Gasteiger partial charge in [-0.2, -0.15) is 0 Å². The van der Waals surface area contributed by atoms with Crippen molar-refractivity contribution in [3.05, 3.63) is 34.4 Å². The third-order valence-electron chi connectivity index (χ3n) is 9.39. The number of ketones is 4. The minimum absolute atomic E-state index is 0.0275. The van der Waals surface area contributed by atoms with Gasteiger partial charge in [0.2, 0.25) is 23.6 Å². The first-order chi connectivity index (χ1) is 22.1. The zero-order valence-electron chi connectivity index (χ0n) is 26.0. The maximum absolute atomic E-state index is 14.4. The third kappa shape index (κ3) is 7.76. The zero-order chi connectivity index (χ0) is 32.8. The van der Waals surface area contributed by atoms with E-state index in [1.54, 1.807) is 0 Å². The van der Waals surface area contributed by atoms with E-state index in [1.165, 1.54) is 12.1 Å². The molecule has 4 amide bonds. The molecule has 246 valence electrons. The Balaban J connectivity index is 1.68. The lowest BCUT2D eigenvalue weighted by Gasteiger charge is -2.25. The molecule has 4 heterocycles. The Hall–Kier alpha value is -4.22. The van der Waals surface area contributed by atoms with Crippen molar-refractivity contribution in [2.45, 2.75) is 127 Å². The lowest BCUT2D eigenvalue weighted by molar-refractivity contribution is -0.122. The first-order valence-electron chi connectivity index (χ1n) is 16.6. The van der Waals surface area contributed by atoms with Crippen molar-refractivity contribution in [1.82, 2.24) is 21.3 Å². The number of carbonyl (C=O) groups is 8. The van der Waals surface area contributed by atoms with Crippen LogP contribution in [0.1, 0.15) is 144 Å². The largest absolute Gasteiger partial charge is 0.346 e. The maximum Gasteiger partial charge on any atom is 0.220 e. The van der Waals surface area contributed by atoms with E-state index in [0.717, 1.165) is 0 Å². The molecule has 4 aliphatic heterocycles. The number of hydrogen-bond acceptors (Lipinski definition) is 8. The second kappa shape index (κ2) is 14.9. The van der Waals surface area contributed by atoms with Gasteiger partial charge in [0, 0.05) is 47.9 Å². The molecular weight excluding hydrogens is 592 g/mol. The highest BCUT2D eigenvalue weighted by atomic mass is 16.2. The number of hydrogen-bond donors (Lipinski definition) is 4. The van der Waals surface area contributed by atoms with Crippen molar-refractivity contribution in [3.8, 4) is 0 Å². The fourth-order valence-electron chi connectivity index (χ4n) is 6.87. The summed E-state index contributed by atoms with van der Waals surface area (Å²) in [4.78, 5) is 107. The Morgan fingerprint density at radius 2 is 0.739 bits per heavy atom. The molecule has 0 aromatic heterocycles. The summed E-state index contributed by atoms with van der Waals surface area (Å²) in [5, 5.41) is 11.0. The van der Waals surface area contributed by atoms with E-state index in [9.17, 15) is 38.4 Å². The molecule has 4 atom stereocenters. The van der Waals surface area contributed by atoms with Crippen LogP contribution in [0.2, 0.25) is 0 Å². The van der Waals surface area contributed by atoms with Gasteiger partial charge < -0.3 is 21.3 Å². The summed E-state index contributed by atoms with van der Waals surface area (Å²) in [6.45, 7) is 0. The molecule has 0 bridgehead atoms. The number of amides is 4. The van der Waals surface area contributed by atoms with Crippen LogP contribution in [0.25, 0.3) is 0 Å². The number of carbonyl (C=O) groups excluding carboxylic acids is 8. The van der Waals surface area contributed by atoms with Crippen LogP contribution < -0.4 is 21.3 Å². The molecule has 0 saturated carbocycles. The molecule has 4 unspecified atom stereocenters. The summed E-state index contributed by atoms with van der Waals surface area (Å²) >= 11 is 0. The number of rotatable bonds is 8. The lowest BCUT2D eigenvalue weighted by Crippen LogP contribution is -2.44.